The first-order valence-electron chi connectivity index (χ1n) is 6.08. The number of nitrogens with two attached hydrogens (primary N) is 1. The number of halogens is 2. The van der Waals surface area contributed by atoms with Crippen molar-refractivity contribution < 1.29 is 13.9 Å². The molecule has 19 heavy (non-hydrogen) atoms. The summed E-state index contributed by atoms with van der Waals surface area (Å²) in [5.74, 6) is -0.916. The highest BCUT2D eigenvalue weighted by Gasteiger charge is 2.34. The smallest absolute Gasteiger partial charge is 0.237 e. The van der Waals surface area contributed by atoms with Crippen molar-refractivity contribution in [1.29, 1.82) is 0 Å². The summed E-state index contributed by atoms with van der Waals surface area (Å²) in [7, 11) is 0. The standard InChI is InChI=1S/C13H16ClFN2O2/c1-8-12(13(16)18)17(5-6-19-8)7-9-3-2-4-10(14)11(9)15/h2-4,8,12H,5-7H2,1H3,(H2,16,18)/t8-,12+/m1/s1. The maximum Gasteiger partial charge on any atom is 0.237 e. The molecule has 1 aliphatic rings. The molecule has 2 N–H and O–H groups in total. The van der Waals surface area contributed by atoms with Crippen LogP contribution in [-0.2, 0) is 16.1 Å². The Balaban J connectivity index is 2.20. The van der Waals surface area contributed by atoms with E-state index in [0.717, 1.165) is 0 Å². The second-order valence-electron chi connectivity index (χ2n) is 4.61. The molecule has 1 heterocycles. The Morgan fingerprint density at radius 3 is 3.05 bits per heavy atom. The van der Waals surface area contributed by atoms with Gasteiger partial charge in [0.25, 0.3) is 0 Å². The fraction of sp³-hybridized carbons (Fsp3) is 0.462. The van der Waals surface area contributed by atoms with Crippen molar-refractivity contribution in [2.75, 3.05) is 13.2 Å². The summed E-state index contributed by atoms with van der Waals surface area (Å²) >= 11 is 5.75. The summed E-state index contributed by atoms with van der Waals surface area (Å²) in [5, 5.41) is 0.0782. The van der Waals surface area contributed by atoms with Crippen LogP contribution >= 0.6 is 11.6 Å². The van der Waals surface area contributed by atoms with Crippen LogP contribution in [-0.4, -0.2) is 36.1 Å². The number of ether oxygens (including phenoxy) is 1. The Kier molecular flexibility index (Phi) is 4.39. The summed E-state index contributed by atoms with van der Waals surface area (Å²) in [6.07, 6.45) is -0.298. The van der Waals surface area contributed by atoms with Gasteiger partial charge < -0.3 is 10.5 Å². The minimum atomic E-state index is -0.549. The minimum Gasteiger partial charge on any atom is -0.375 e. The van der Waals surface area contributed by atoms with Gasteiger partial charge in [-0.2, -0.15) is 0 Å². The molecule has 1 aromatic rings. The minimum absolute atomic E-state index is 0.0782. The molecule has 0 radical (unpaired) electrons. The zero-order valence-corrected chi connectivity index (χ0v) is 11.4. The fourth-order valence-electron chi connectivity index (χ4n) is 2.36. The van der Waals surface area contributed by atoms with Gasteiger partial charge >= 0.3 is 0 Å². The van der Waals surface area contributed by atoms with Crippen molar-refractivity contribution in [2.24, 2.45) is 5.73 Å². The van der Waals surface area contributed by atoms with E-state index < -0.39 is 17.8 Å². The molecule has 104 valence electrons. The number of morpholine rings is 1. The highest BCUT2D eigenvalue weighted by molar-refractivity contribution is 6.30. The van der Waals surface area contributed by atoms with E-state index in [2.05, 4.69) is 0 Å². The number of nitrogens with zero attached hydrogens (tertiary/aromatic N) is 1. The summed E-state index contributed by atoms with van der Waals surface area (Å²) in [4.78, 5) is 13.3. The van der Waals surface area contributed by atoms with Crippen molar-refractivity contribution in [2.45, 2.75) is 25.6 Å². The van der Waals surface area contributed by atoms with Crippen molar-refractivity contribution in [3.8, 4) is 0 Å². The molecule has 1 amide bonds. The molecule has 0 aromatic heterocycles. The number of carbonyl (C=O) groups is 1. The zero-order chi connectivity index (χ0) is 14.0. The van der Waals surface area contributed by atoms with Gasteiger partial charge in [0.15, 0.2) is 0 Å². The molecule has 1 saturated heterocycles. The third kappa shape index (κ3) is 3.05. The molecule has 4 nitrogen and oxygen atoms in total. The average Bonchev–Trinajstić information content (AvgIpc) is 2.34. The number of primary amides is 1. The Labute approximate surface area is 116 Å². The highest BCUT2D eigenvalue weighted by atomic mass is 35.5. The third-order valence-electron chi connectivity index (χ3n) is 3.29. The first-order valence-corrected chi connectivity index (χ1v) is 6.46. The van der Waals surface area contributed by atoms with E-state index in [4.69, 9.17) is 22.1 Å². The number of benzene rings is 1. The Bertz CT molecular complexity index is 484. The maximum atomic E-state index is 13.9. The lowest BCUT2D eigenvalue weighted by atomic mass is 10.1. The lowest BCUT2D eigenvalue weighted by Gasteiger charge is -2.37. The maximum absolute atomic E-state index is 13.9. The van der Waals surface area contributed by atoms with E-state index in [9.17, 15) is 9.18 Å². The predicted molar refractivity (Wildman–Crippen MR) is 70.2 cm³/mol. The second-order valence-corrected chi connectivity index (χ2v) is 5.01. The Hall–Kier alpha value is -1.17. The lowest BCUT2D eigenvalue weighted by Crippen LogP contribution is -2.56. The van der Waals surface area contributed by atoms with Crippen LogP contribution < -0.4 is 5.73 Å². The zero-order valence-electron chi connectivity index (χ0n) is 10.6. The Morgan fingerprint density at radius 2 is 2.37 bits per heavy atom. The second kappa shape index (κ2) is 5.86. The van der Waals surface area contributed by atoms with Crippen molar-refractivity contribution in [3.05, 3.63) is 34.6 Å². The van der Waals surface area contributed by atoms with Gasteiger partial charge in [0.1, 0.15) is 11.9 Å². The molecule has 1 aliphatic heterocycles. The fourth-order valence-corrected chi connectivity index (χ4v) is 2.56. The van der Waals surface area contributed by atoms with Gasteiger partial charge in [-0.3, -0.25) is 9.69 Å². The average molecular weight is 287 g/mol. The predicted octanol–water partition coefficient (Wildman–Crippen LogP) is 1.55. The van der Waals surface area contributed by atoms with Crippen LogP contribution in [0.4, 0.5) is 4.39 Å². The van der Waals surface area contributed by atoms with E-state index in [1.807, 2.05) is 4.90 Å². The molecular formula is C13H16ClFN2O2. The number of hydrogen-bond donors (Lipinski definition) is 1. The molecule has 0 saturated carbocycles. The molecule has 2 rings (SSSR count). The highest BCUT2D eigenvalue weighted by Crippen LogP contribution is 2.22. The number of carbonyl (C=O) groups excluding carboxylic acids is 1. The van der Waals surface area contributed by atoms with Gasteiger partial charge in [-0.15, -0.1) is 0 Å². The summed E-state index contributed by atoms with van der Waals surface area (Å²) in [6, 6.07) is 4.28. The molecule has 1 aromatic carbocycles. The molecule has 0 bridgehead atoms. The molecule has 0 aliphatic carbocycles. The molecule has 6 heteroatoms. The van der Waals surface area contributed by atoms with Gasteiger partial charge in [0.2, 0.25) is 5.91 Å². The third-order valence-corrected chi connectivity index (χ3v) is 3.59. The van der Waals surface area contributed by atoms with Crippen molar-refractivity contribution >= 4 is 17.5 Å². The monoisotopic (exact) mass is 286 g/mol. The number of amides is 1. The molecule has 1 fully saturated rings. The first kappa shape index (κ1) is 14.2. The molecular weight excluding hydrogens is 271 g/mol. The number of hydrogen-bond acceptors (Lipinski definition) is 3. The van der Waals surface area contributed by atoms with E-state index in [1.165, 1.54) is 6.07 Å². The van der Waals surface area contributed by atoms with Crippen molar-refractivity contribution in [3.63, 3.8) is 0 Å². The number of rotatable bonds is 3. The van der Waals surface area contributed by atoms with Crippen molar-refractivity contribution in [1.82, 2.24) is 4.90 Å². The van der Waals surface area contributed by atoms with Crippen LogP contribution in [0.3, 0.4) is 0 Å². The normalized spacial score (nSPS) is 24.4. The van der Waals surface area contributed by atoms with Gasteiger partial charge in [0.05, 0.1) is 17.7 Å². The first-order chi connectivity index (χ1) is 9.00. The lowest BCUT2D eigenvalue weighted by molar-refractivity contribution is -0.136. The van der Waals surface area contributed by atoms with Gasteiger partial charge in [-0.1, -0.05) is 23.7 Å². The van der Waals surface area contributed by atoms with Gasteiger partial charge in [0, 0.05) is 18.7 Å². The van der Waals surface area contributed by atoms with Crippen LogP contribution in [0.5, 0.6) is 0 Å². The summed E-state index contributed by atoms with van der Waals surface area (Å²) < 4.78 is 19.3. The molecule has 0 spiro atoms. The van der Waals surface area contributed by atoms with E-state index in [1.54, 1.807) is 19.1 Å². The van der Waals surface area contributed by atoms with E-state index >= 15 is 0 Å². The molecule has 2 atom stereocenters. The van der Waals surface area contributed by atoms with E-state index in [0.29, 0.717) is 18.7 Å². The van der Waals surface area contributed by atoms with Crippen LogP contribution in [0.1, 0.15) is 12.5 Å². The quantitative estimate of drug-likeness (QED) is 0.917. The summed E-state index contributed by atoms with van der Waals surface area (Å²) in [5.41, 5.74) is 5.84. The van der Waals surface area contributed by atoms with Gasteiger partial charge in [-0.05, 0) is 13.0 Å². The SMILES string of the molecule is C[C@H]1OCCN(Cc2cccc(Cl)c2F)[C@@H]1C(N)=O. The topological polar surface area (TPSA) is 55.6 Å². The van der Waals surface area contributed by atoms with Gasteiger partial charge in [-0.25, -0.2) is 4.39 Å². The Morgan fingerprint density at radius 1 is 1.63 bits per heavy atom. The summed E-state index contributed by atoms with van der Waals surface area (Å²) in [6.45, 7) is 3.10. The van der Waals surface area contributed by atoms with Crippen LogP contribution in [0.25, 0.3) is 0 Å². The van der Waals surface area contributed by atoms with E-state index in [-0.39, 0.29) is 17.7 Å². The van der Waals surface area contributed by atoms with Crippen LogP contribution in [0.15, 0.2) is 18.2 Å². The van der Waals surface area contributed by atoms with Crippen LogP contribution in [0.2, 0.25) is 5.02 Å². The molecule has 0 unspecified atom stereocenters. The largest absolute Gasteiger partial charge is 0.375 e. The van der Waals surface area contributed by atoms with Crippen LogP contribution in [0, 0.1) is 5.82 Å².